The maximum atomic E-state index is 12.9. The van der Waals surface area contributed by atoms with E-state index in [4.69, 9.17) is 29.8 Å². The molecule has 0 aliphatic rings. The van der Waals surface area contributed by atoms with Gasteiger partial charge in [-0.05, 0) is 42.0 Å². The number of benzene rings is 2. The van der Waals surface area contributed by atoms with E-state index in [0.717, 1.165) is 11.3 Å². The highest BCUT2D eigenvalue weighted by atomic mass is 35.5. The van der Waals surface area contributed by atoms with E-state index in [1.54, 1.807) is 31.4 Å². The Morgan fingerprint density at radius 1 is 1.04 bits per heavy atom. The molecular formula is C19H20ClN2O5P. The fourth-order valence-electron chi connectivity index (χ4n) is 2.50. The second kappa shape index (κ2) is 8.80. The van der Waals surface area contributed by atoms with Crippen LogP contribution in [0.2, 0.25) is 5.02 Å². The Balaban J connectivity index is 1.92. The molecule has 1 heterocycles. The zero-order chi connectivity index (χ0) is 20.1. The summed E-state index contributed by atoms with van der Waals surface area (Å²) in [6.45, 7) is 0.416. The van der Waals surface area contributed by atoms with Crippen LogP contribution in [0, 0.1) is 0 Å². The summed E-state index contributed by atoms with van der Waals surface area (Å²) >= 11 is 5.94. The Bertz CT molecular complexity index is 965. The van der Waals surface area contributed by atoms with E-state index >= 15 is 0 Å². The van der Waals surface area contributed by atoms with E-state index in [-0.39, 0.29) is 17.2 Å². The minimum atomic E-state index is -3.63. The van der Waals surface area contributed by atoms with Crippen molar-refractivity contribution in [2.45, 2.75) is 6.54 Å². The van der Waals surface area contributed by atoms with Gasteiger partial charge in [-0.3, -0.25) is 4.57 Å². The third-order valence-electron chi connectivity index (χ3n) is 4.05. The van der Waals surface area contributed by atoms with Crippen molar-refractivity contribution in [2.75, 3.05) is 26.6 Å². The predicted molar refractivity (Wildman–Crippen MR) is 109 cm³/mol. The first-order valence-electron chi connectivity index (χ1n) is 8.34. The second-order valence-electron chi connectivity index (χ2n) is 5.74. The number of hydrogen-bond donors (Lipinski definition) is 1. The molecule has 0 unspecified atom stereocenters. The lowest BCUT2D eigenvalue weighted by Gasteiger charge is -2.12. The van der Waals surface area contributed by atoms with Crippen molar-refractivity contribution in [3.8, 4) is 17.2 Å². The molecule has 3 rings (SSSR count). The van der Waals surface area contributed by atoms with Crippen LogP contribution in [0.5, 0.6) is 5.75 Å². The lowest BCUT2D eigenvalue weighted by atomic mass is 10.2. The van der Waals surface area contributed by atoms with Gasteiger partial charge in [0.05, 0.1) is 7.11 Å². The summed E-state index contributed by atoms with van der Waals surface area (Å²) in [4.78, 5) is 4.36. The zero-order valence-electron chi connectivity index (χ0n) is 15.6. The quantitative estimate of drug-likeness (QED) is 0.525. The summed E-state index contributed by atoms with van der Waals surface area (Å²) < 4.78 is 34.1. The first-order valence-corrected chi connectivity index (χ1v) is 10.3. The van der Waals surface area contributed by atoms with Crippen molar-refractivity contribution < 1.29 is 22.8 Å². The van der Waals surface area contributed by atoms with Gasteiger partial charge in [0.1, 0.15) is 5.75 Å². The van der Waals surface area contributed by atoms with Gasteiger partial charge in [0.25, 0.3) is 0 Å². The lowest BCUT2D eigenvalue weighted by Crippen LogP contribution is -2.14. The molecule has 9 heteroatoms. The molecule has 3 aromatic rings. The highest BCUT2D eigenvalue weighted by Crippen LogP contribution is 2.47. The van der Waals surface area contributed by atoms with E-state index in [0.29, 0.717) is 17.1 Å². The number of nitrogens with zero attached hydrogens (tertiary/aromatic N) is 1. The van der Waals surface area contributed by atoms with Crippen LogP contribution in [0.15, 0.2) is 52.9 Å². The van der Waals surface area contributed by atoms with Gasteiger partial charge in [-0.1, -0.05) is 23.7 Å². The van der Waals surface area contributed by atoms with Gasteiger partial charge in [0.15, 0.2) is 0 Å². The van der Waals surface area contributed by atoms with Gasteiger partial charge in [0.2, 0.25) is 17.2 Å². The number of aromatic nitrogens is 1. The summed E-state index contributed by atoms with van der Waals surface area (Å²) in [5.74, 6) is 1.25. The summed E-state index contributed by atoms with van der Waals surface area (Å²) in [6.07, 6.45) is 0. The summed E-state index contributed by atoms with van der Waals surface area (Å²) in [7, 11) is 0.582. The highest BCUT2D eigenvalue weighted by Gasteiger charge is 2.34. The van der Waals surface area contributed by atoms with Gasteiger partial charge in [-0.2, -0.15) is 4.98 Å². The minimum absolute atomic E-state index is 0.0796. The number of oxazole rings is 1. The molecule has 28 heavy (non-hydrogen) atoms. The Morgan fingerprint density at radius 2 is 1.68 bits per heavy atom. The monoisotopic (exact) mass is 422 g/mol. The van der Waals surface area contributed by atoms with E-state index in [1.165, 1.54) is 14.2 Å². The molecule has 0 aliphatic heterocycles. The Morgan fingerprint density at radius 3 is 2.25 bits per heavy atom. The molecule has 0 atom stereocenters. The van der Waals surface area contributed by atoms with Crippen LogP contribution < -0.4 is 15.5 Å². The zero-order valence-corrected chi connectivity index (χ0v) is 17.3. The van der Waals surface area contributed by atoms with Crippen LogP contribution in [0.3, 0.4) is 0 Å². The standard InChI is InChI=1S/C19H20ClN2O5P/c1-24-16-10-4-13(5-11-16)12-21-18-19(28(23,25-2)26-3)22-17(27-18)14-6-8-15(20)9-7-14/h4-11,21H,12H2,1-3H3. The molecule has 1 aromatic heterocycles. The Kier molecular flexibility index (Phi) is 6.42. The SMILES string of the molecule is COc1ccc(CNc2oc(-c3ccc(Cl)cc3)nc2P(=O)(OC)OC)cc1. The maximum Gasteiger partial charge on any atom is 0.384 e. The summed E-state index contributed by atoms with van der Waals surface area (Å²) in [5.41, 5.74) is 1.73. The molecule has 0 fully saturated rings. The van der Waals surface area contributed by atoms with Crippen molar-refractivity contribution in [3.63, 3.8) is 0 Å². The van der Waals surface area contributed by atoms with Crippen molar-refractivity contribution in [2.24, 2.45) is 0 Å². The molecule has 7 nitrogen and oxygen atoms in total. The smallest absolute Gasteiger partial charge is 0.384 e. The van der Waals surface area contributed by atoms with Crippen LogP contribution in [0.1, 0.15) is 5.56 Å². The molecule has 0 bridgehead atoms. The average Bonchev–Trinajstić information content (AvgIpc) is 3.17. The predicted octanol–water partition coefficient (Wildman–Crippen LogP) is 4.73. The molecular weight excluding hydrogens is 403 g/mol. The Labute approximate surface area is 168 Å². The number of methoxy groups -OCH3 is 1. The van der Waals surface area contributed by atoms with Crippen molar-refractivity contribution in [1.29, 1.82) is 0 Å². The van der Waals surface area contributed by atoms with Gasteiger partial charge in [-0.25, -0.2) is 0 Å². The Hall–Kier alpha value is -2.31. The average molecular weight is 423 g/mol. The first kappa shape index (κ1) is 20.4. The molecule has 0 saturated heterocycles. The minimum Gasteiger partial charge on any atom is -0.497 e. The van der Waals surface area contributed by atoms with Gasteiger partial charge >= 0.3 is 7.60 Å². The van der Waals surface area contributed by atoms with E-state index in [1.807, 2.05) is 24.3 Å². The molecule has 0 amide bonds. The number of hydrogen-bond acceptors (Lipinski definition) is 7. The third-order valence-corrected chi connectivity index (χ3v) is 6.09. The largest absolute Gasteiger partial charge is 0.497 e. The number of nitrogens with one attached hydrogen (secondary N) is 1. The number of rotatable bonds is 8. The van der Waals surface area contributed by atoms with E-state index < -0.39 is 7.60 Å². The fraction of sp³-hybridized carbons (Fsp3) is 0.211. The van der Waals surface area contributed by atoms with E-state index in [2.05, 4.69) is 10.3 Å². The number of halogens is 1. The summed E-state index contributed by atoms with van der Waals surface area (Å²) in [5, 5.41) is 3.71. The van der Waals surface area contributed by atoms with Gasteiger partial charge < -0.3 is 23.5 Å². The van der Waals surface area contributed by atoms with Crippen LogP contribution in [-0.4, -0.2) is 26.3 Å². The number of ether oxygens (including phenoxy) is 1. The molecule has 1 N–H and O–H groups in total. The normalized spacial score (nSPS) is 11.4. The molecule has 0 saturated carbocycles. The van der Waals surface area contributed by atoms with Crippen LogP contribution >= 0.6 is 19.2 Å². The van der Waals surface area contributed by atoms with Crippen molar-refractivity contribution >= 4 is 30.5 Å². The number of anilines is 1. The molecule has 2 aromatic carbocycles. The first-order chi connectivity index (χ1) is 13.5. The molecule has 0 spiro atoms. The molecule has 0 radical (unpaired) electrons. The maximum absolute atomic E-state index is 12.9. The fourth-order valence-corrected chi connectivity index (χ4v) is 3.71. The molecule has 0 aliphatic carbocycles. The van der Waals surface area contributed by atoms with Gasteiger partial charge in [-0.15, -0.1) is 0 Å². The van der Waals surface area contributed by atoms with Gasteiger partial charge in [0, 0.05) is 31.4 Å². The van der Waals surface area contributed by atoms with Crippen LogP contribution in [-0.2, 0) is 20.2 Å². The van der Waals surface area contributed by atoms with Crippen LogP contribution in [0.25, 0.3) is 11.5 Å². The third kappa shape index (κ3) is 4.39. The molecule has 148 valence electrons. The van der Waals surface area contributed by atoms with Crippen molar-refractivity contribution in [3.05, 3.63) is 59.1 Å². The second-order valence-corrected chi connectivity index (χ2v) is 8.33. The topological polar surface area (TPSA) is 82.8 Å². The lowest BCUT2D eigenvalue weighted by molar-refractivity contribution is 0.286. The highest BCUT2D eigenvalue weighted by molar-refractivity contribution is 7.62. The van der Waals surface area contributed by atoms with Crippen LogP contribution in [0.4, 0.5) is 5.88 Å². The van der Waals surface area contributed by atoms with E-state index in [9.17, 15) is 4.57 Å². The van der Waals surface area contributed by atoms with Crippen molar-refractivity contribution in [1.82, 2.24) is 4.98 Å². The summed E-state index contributed by atoms with van der Waals surface area (Å²) in [6, 6.07) is 14.5.